The van der Waals surface area contributed by atoms with Crippen LogP contribution in [0.4, 0.5) is 0 Å². The van der Waals surface area contributed by atoms with Crippen LogP contribution in [0.5, 0.6) is 0 Å². The molecule has 0 aliphatic carbocycles. The Morgan fingerprint density at radius 1 is 1.35 bits per heavy atom. The van der Waals surface area contributed by atoms with Gasteiger partial charge in [0.2, 0.25) is 0 Å². The Hall–Kier alpha value is -0.130. The standard InChI is InChI=1S/C12H25NO3S/c1-9(2)10(3)13-6-8-17(14,15)12-5-7-16-11(12)4/h9-13H,5-8H2,1-4H3. The fraction of sp³-hybridized carbons (Fsp3) is 1.00. The van der Waals surface area contributed by atoms with Gasteiger partial charge in [0, 0.05) is 19.2 Å². The fourth-order valence-corrected chi connectivity index (χ4v) is 3.82. The monoisotopic (exact) mass is 263 g/mol. The van der Waals surface area contributed by atoms with Crippen molar-refractivity contribution in [1.29, 1.82) is 0 Å². The molecule has 3 unspecified atom stereocenters. The topological polar surface area (TPSA) is 55.4 Å². The number of sulfone groups is 1. The highest BCUT2D eigenvalue weighted by Gasteiger charge is 2.35. The zero-order chi connectivity index (χ0) is 13.1. The van der Waals surface area contributed by atoms with Gasteiger partial charge in [-0.25, -0.2) is 8.42 Å². The lowest BCUT2D eigenvalue weighted by Gasteiger charge is -2.19. The predicted octanol–water partition coefficient (Wildman–Crippen LogP) is 1.21. The molecule has 0 radical (unpaired) electrons. The summed E-state index contributed by atoms with van der Waals surface area (Å²) >= 11 is 0. The van der Waals surface area contributed by atoms with Crippen LogP contribution in [0.1, 0.15) is 34.1 Å². The third-order valence-corrected chi connectivity index (χ3v) is 5.94. The molecule has 0 aromatic heterocycles. The predicted molar refractivity (Wildman–Crippen MR) is 69.9 cm³/mol. The minimum absolute atomic E-state index is 0.150. The zero-order valence-corrected chi connectivity index (χ0v) is 12.1. The van der Waals surface area contributed by atoms with Crippen LogP contribution < -0.4 is 5.32 Å². The lowest BCUT2D eigenvalue weighted by Crippen LogP contribution is -2.38. The molecule has 1 saturated heterocycles. The Labute approximate surface area is 105 Å². The van der Waals surface area contributed by atoms with Crippen LogP contribution in [0, 0.1) is 5.92 Å². The van der Waals surface area contributed by atoms with Crippen molar-refractivity contribution < 1.29 is 13.2 Å². The molecule has 1 rings (SSSR count). The smallest absolute Gasteiger partial charge is 0.157 e. The molecule has 1 aliphatic rings. The van der Waals surface area contributed by atoms with Gasteiger partial charge in [0.25, 0.3) is 0 Å². The minimum atomic E-state index is -3.02. The van der Waals surface area contributed by atoms with Crippen LogP contribution in [0.2, 0.25) is 0 Å². The number of ether oxygens (including phenoxy) is 1. The maximum absolute atomic E-state index is 12.1. The van der Waals surface area contributed by atoms with Crippen molar-refractivity contribution in [1.82, 2.24) is 5.32 Å². The summed E-state index contributed by atoms with van der Waals surface area (Å²) in [7, 11) is -3.02. The Balaban J connectivity index is 2.40. The summed E-state index contributed by atoms with van der Waals surface area (Å²) in [5, 5.41) is 2.95. The van der Waals surface area contributed by atoms with Gasteiger partial charge in [0.05, 0.1) is 17.1 Å². The quantitative estimate of drug-likeness (QED) is 0.782. The van der Waals surface area contributed by atoms with Gasteiger partial charge >= 0.3 is 0 Å². The van der Waals surface area contributed by atoms with Crippen LogP contribution in [0.15, 0.2) is 0 Å². The molecular weight excluding hydrogens is 238 g/mol. The van der Waals surface area contributed by atoms with Crippen molar-refractivity contribution in [3.8, 4) is 0 Å². The molecule has 4 nitrogen and oxygen atoms in total. The number of nitrogens with one attached hydrogen (secondary N) is 1. The second-order valence-corrected chi connectivity index (χ2v) is 7.60. The molecule has 0 aromatic rings. The van der Waals surface area contributed by atoms with Crippen molar-refractivity contribution in [3.63, 3.8) is 0 Å². The van der Waals surface area contributed by atoms with E-state index in [0.717, 1.165) is 0 Å². The van der Waals surface area contributed by atoms with E-state index in [-0.39, 0.29) is 17.1 Å². The van der Waals surface area contributed by atoms with E-state index >= 15 is 0 Å². The summed E-state index contributed by atoms with van der Waals surface area (Å²) in [5.74, 6) is 0.731. The van der Waals surface area contributed by atoms with E-state index in [9.17, 15) is 8.42 Å². The first-order valence-corrected chi connectivity index (χ1v) is 8.12. The highest BCUT2D eigenvalue weighted by atomic mass is 32.2. The van der Waals surface area contributed by atoms with Gasteiger partial charge < -0.3 is 10.1 Å². The Morgan fingerprint density at radius 2 is 2.00 bits per heavy atom. The van der Waals surface area contributed by atoms with Gasteiger partial charge in [-0.1, -0.05) is 13.8 Å². The lowest BCUT2D eigenvalue weighted by atomic mass is 10.1. The Morgan fingerprint density at radius 3 is 2.47 bits per heavy atom. The summed E-state index contributed by atoms with van der Waals surface area (Å²) < 4.78 is 29.5. The van der Waals surface area contributed by atoms with Crippen molar-refractivity contribution >= 4 is 9.84 Å². The zero-order valence-electron chi connectivity index (χ0n) is 11.3. The first kappa shape index (κ1) is 14.9. The van der Waals surface area contributed by atoms with E-state index in [1.54, 1.807) is 0 Å². The molecule has 0 spiro atoms. The molecule has 1 N–H and O–H groups in total. The van der Waals surface area contributed by atoms with Gasteiger partial charge in [0.1, 0.15) is 0 Å². The Kier molecular flexibility index (Phi) is 5.41. The average molecular weight is 263 g/mol. The lowest BCUT2D eigenvalue weighted by molar-refractivity contribution is 0.126. The maximum Gasteiger partial charge on any atom is 0.157 e. The van der Waals surface area contributed by atoms with Crippen LogP contribution in [0.25, 0.3) is 0 Å². The number of hydrogen-bond donors (Lipinski definition) is 1. The first-order chi connectivity index (χ1) is 7.84. The fourth-order valence-electron chi connectivity index (χ4n) is 2.00. The summed E-state index contributed by atoms with van der Waals surface area (Å²) in [6, 6.07) is 0.349. The molecule has 5 heteroatoms. The number of hydrogen-bond acceptors (Lipinski definition) is 4. The average Bonchev–Trinajstić information content (AvgIpc) is 2.64. The molecule has 17 heavy (non-hydrogen) atoms. The molecule has 0 saturated carbocycles. The van der Waals surface area contributed by atoms with Gasteiger partial charge in [0.15, 0.2) is 9.84 Å². The van der Waals surface area contributed by atoms with Crippen molar-refractivity contribution in [2.24, 2.45) is 5.92 Å². The third kappa shape index (κ3) is 4.23. The van der Waals surface area contributed by atoms with E-state index in [0.29, 0.717) is 31.5 Å². The summed E-state index contributed by atoms with van der Waals surface area (Å²) in [6.07, 6.45) is 0.492. The van der Waals surface area contributed by atoms with E-state index in [2.05, 4.69) is 26.1 Å². The van der Waals surface area contributed by atoms with Crippen molar-refractivity contribution in [2.45, 2.75) is 51.5 Å². The normalized spacial score (nSPS) is 27.6. The third-order valence-electron chi connectivity index (χ3n) is 3.62. The SMILES string of the molecule is CC(C)C(C)NCCS(=O)(=O)C1CCOC1C. The number of rotatable bonds is 6. The molecule has 0 bridgehead atoms. The summed E-state index contributed by atoms with van der Waals surface area (Å²) in [5.41, 5.74) is 0. The van der Waals surface area contributed by atoms with Crippen molar-refractivity contribution in [2.75, 3.05) is 18.9 Å². The molecular formula is C12H25NO3S. The molecule has 1 fully saturated rings. The first-order valence-electron chi connectivity index (χ1n) is 6.41. The molecule has 102 valence electrons. The van der Waals surface area contributed by atoms with Gasteiger partial charge in [-0.2, -0.15) is 0 Å². The van der Waals surface area contributed by atoms with Crippen molar-refractivity contribution in [3.05, 3.63) is 0 Å². The molecule has 0 amide bonds. The van der Waals surface area contributed by atoms with Gasteiger partial charge in [-0.3, -0.25) is 0 Å². The van der Waals surface area contributed by atoms with E-state index in [4.69, 9.17) is 4.74 Å². The minimum Gasteiger partial charge on any atom is -0.377 e. The van der Waals surface area contributed by atoms with Gasteiger partial charge in [-0.05, 0) is 26.2 Å². The van der Waals surface area contributed by atoms with Crippen LogP contribution in [-0.4, -0.2) is 44.7 Å². The van der Waals surface area contributed by atoms with Crippen LogP contribution in [-0.2, 0) is 14.6 Å². The second kappa shape index (κ2) is 6.16. The summed E-state index contributed by atoms with van der Waals surface area (Å²) in [6.45, 7) is 9.28. The molecule has 1 heterocycles. The molecule has 0 aromatic carbocycles. The molecule has 1 aliphatic heterocycles. The largest absolute Gasteiger partial charge is 0.377 e. The van der Waals surface area contributed by atoms with Crippen LogP contribution >= 0.6 is 0 Å². The van der Waals surface area contributed by atoms with Gasteiger partial charge in [-0.15, -0.1) is 0 Å². The van der Waals surface area contributed by atoms with Crippen LogP contribution in [0.3, 0.4) is 0 Å². The highest BCUT2D eigenvalue weighted by molar-refractivity contribution is 7.92. The summed E-state index contributed by atoms with van der Waals surface area (Å²) in [4.78, 5) is 0. The highest BCUT2D eigenvalue weighted by Crippen LogP contribution is 2.21. The second-order valence-electron chi connectivity index (χ2n) is 5.26. The van der Waals surface area contributed by atoms with E-state index in [1.807, 2.05) is 6.92 Å². The maximum atomic E-state index is 12.1. The Bertz CT molecular complexity index is 327. The van der Waals surface area contributed by atoms with E-state index < -0.39 is 9.84 Å². The van der Waals surface area contributed by atoms with E-state index in [1.165, 1.54) is 0 Å². The molecule has 3 atom stereocenters.